The number of anilines is 2. The van der Waals surface area contributed by atoms with Gasteiger partial charge in [-0.3, -0.25) is 14.2 Å². The van der Waals surface area contributed by atoms with Crippen molar-refractivity contribution in [2.75, 3.05) is 11.1 Å². The Kier molecular flexibility index (Phi) is 4.59. The molecule has 1 aromatic heterocycles. The van der Waals surface area contributed by atoms with Crippen molar-refractivity contribution < 1.29 is 4.79 Å². The minimum atomic E-state index is -0.239. The van der Waals surface area contributed by atoms with Crippen LogP contribution >= 0.6 is 11.6 Å². The molecule has 21 heavy (non-hydrogen) atoms. The van der Waals surface area contributed by atoms with Gasteiger partial charge in [-0.15, -0.1) is 0 Å². The van der Waals surface area contributed by atoms with Crippen LogP contribution < -0.4 is 16.6 Å². The van der Waals surface area contributed by atoms with Gasteiger partial charge in [-0.1, -0.05) is 11.6 Å². The molecule has 0 fully saturated rings. The number of nitrogen functional groups attached to an aromatic ring is 1. The normalized spacial score (nSPS) is 10.4. The summed E-state index contributed by atoms with van der Waals surface area (Å²) in [5.41, 5.74) is 7.11. The number of nitrogens with one attached hydrogen (secondary N) is 1. The fourth-order valence-corrected chi connectivity index (χ4v) is 1.95. The van der Waals surface area contributed by atoms with Gasteiger partial charge in [-0.25, -0.2) is 4.98 Å². The van der Waals surface area contributed by atoms with Crippen molar-refractivity contribution in [3.63, 3.8) is 0 Å². The van der Waals surface area contributed by atoms with Crippen LogP contribution in [0.3, 0.4) is 0 Å². The molecule has 0 aliphatic carbocycles. The summed E-state index contributed by atoms with van der Waals surface area (Å²) in [7, 11) is 0. The number of benzene rings is 1. The minimum Gasteiger partial charge on any atom is -0.397 e. The lowest BCUT2D eigenvalue weighted by Gasteiger charge is -2.09. The number of carbonyl (C=O) groups is 1. The molecule has 110 valence electrons. The van der Waals surface area contributed by atoms with E-state index in [4.69, 9.17) is 17.3 Å². The van der Waals surface area contributed by atoms with E-state index in [9.17, 15) is 9.59 Å². The van der Waals surface area contributed by atoms with Crippen LogP contribution in [0.2, 0.25) is 5.02 Å². The molecule has 1 amide bonds. The average Bonchev–Trinajstić information content (AvgIpc) is 2.41. The van der Waals surface area contributed by atoms with Gasteiger partial charge in [0, 0.05) is 29.7 Å². The van der Waals surface area contributed by atoms with Crippen molar-refractivity contribution in [2.24, 2.45) is 0 Å². The number of hydrogen-bond acceptors (Lipinski definition) is 4. The third-order valence-corrected chi connectivity index (χ3v) is 3.12. The zero-order valence-electron chi connectivity index (χ0n) is 11.5. The highest BCUT2D eigenvalue weighted by atomic mass is 35.5. The molecule has 0 unspecified atom stereocenters. The molecule has 0 saturated heterocycles. The molecule has 0 spiro atoms. The van der Waals surface area contributed by atoms with Gasteiger partial charge in [-0.05, 0) is 25.1 Å². The standard InChI is InChI=1S/C14H15ClN4O2/c1-9-6-14(21)19(8-17-9)5-4-13(20)18-12-3-2-10(15)7-11(12)16/h2-3,6-8H,4-5,16H2,1H3,(H,18,20). The van der Waals surface area contributed by atoms with E-state index >= 15 is 0 Å². The summed E-state index contributed by atoms with van der Waals surface area (Å²) in [5.74, 6) is -0.239. The first-order chi connectivity index (χ1) is 9.95. The third kappa shape index (κ3) is 4.06. The Hall–Kier alpha value is -2.34. The third-order valence-electron chi connectivity index (χ3n) is 2.88. The predicted octanol–water partition coefficient (Wildman–Crippen LogP) is 1.82. The monoisotopic (exact) mass is 306 g/mol. The largest absolute Gasteiger partial charge is 0.397 e. The van der Waals surface area contributed by atoms with Crippen LogP contribution in [0.4, 0.5) is 11.4 Å². The maximum absolute atomic E-state index is 11.9. The van der Waals surface area contributed by atoms with Crippen LogP contribution in [-0.4, -0.2) is 15.5 Å². The smallest absolute Gasteiger partial charge is 0.253 e. The van der Waals surface area contributed by atoms with E-state index in [1.54, 1.807) is 25.1 Å². The summed E-state index contributed by atoms with van der Waals surface area (Å²) in [4.78, 5) is 27.5. The molecular formula is C14H15ClN4O2. The number of nitrogens with zero attached hydrogens (tertiary/aromatic N) is 2. The molecule has 3 N–H and O–H groups in total. The second-order valence-electron chi connectivity index (χ2n) is 4.59. The maximum atomic E-state index is 11.9. The first kappa shape index (κ1) is 15.1. The van der Waals surface area contributed by atoms with E-state index < -0.39 is 0 Å². The summed E-state index contributed by atoms with van der Waals surface area (Å²) in [5, 5.41) is 3.18. The summed E-state index contributed by atoms with van der Waals surface area (Å²) < 4.78 is 1.39. The molecule has 0 radical (unpaired) electrons. The zero-order valence-corrected chi connectivity index (χ0v) is 12.2. The molecule has 7 heteroatoms. The van der Waals surface area contributed by atoms with E-state index in [-0.39, 0.29) is 24.4 Å². The van der Waals surface area contributed by atoms with Gasteiger partial charge in [-0.2, -0.15) is 0 Å². The number of aromatic nitrogens is 2. The van der Waals surface area contributed by atoms with Crippen LogP contribution in [0.25, 0.3) is 0 Å². The fourth-order valence-electron chi connectivity index (χ4n) is 1.77. The number of rotatable bonds is 4. The molecule has 0 aliphatic rings. The van der Waals surface area contributed by atoms with Crippen molar-refractivity contribution in [3.05, 3.63) is 51.7 Å². The van der Waals surface area contributed by atoms with E-state index in [1.165, 1.54) is 17.0 Å². The molecule has 0 aliphatic heterocycles. The molecule has 0 bridgehead atoms. The van der Waals surface area contributed by atoms with E-state index in [1.807, 2.05) is 0 Å². The Morgan fingerprint density at radius 2 is 2.19 bits per heavy atom. The van der Waals surface area contributed by atoms with Crippen molar-refractivity contribution in [3.8, 4) is 0 Å². The van der Waals surface area contributed by atoms with Gasteiger partial charge < -0.3 is 11.1 Å². The van der Waals surface area contributed by atoms with Gasteiger partial charge in [0.1, 0.15) is 0 Å². The van der Waals surface area contributed by atoms with Gasteiger partial charge in [0.05, 0.1) is 17.7 Å². The Balaban J connectivity index is 1.97. The highest BCUT2D eigenvalue weighted by Gasteiger charge is 2.07. The Labute approximate surface area is 126 Å². The average molecular weight is 307 g/mol. The first-order valence-corrected chi connectivity index (χ1v) is 6.71. The van der Waals surface area contributed by atoms with Crippen LogP contribution in [0.15, 0.2) is 35.4 Å². The molecular weight excluding hydrogens is 292 g/mol. The number of halogens is 1. The number of aryl methyl sites for hydroxylation is 2. The van der Waals surface area contributed by atoms with Crippen LogP contribution in [-0.2, 0) is 11.3 Å². The van der Waals surface area contributed by atoms with Crippen LogP contribution in [0, 0.1) is 6.92 Å². The summed E-state index contributed by atoms with van der Waals surface area (Å²) in [6.07, 6.45) is 1.58. The van der Waals surface area contributed by atoms with Gasteiger partial charge in [0.25, 0.3) is 5.56 Å². The lowest BCUT2D eigenvalue weighted by atomic mass is 10.2. The van der Waals surface area contributed by atoms with E-state index in [2.05, 4.69) is 10.3 Å². The molecule has 6 nitrogen and oxygen atoms in total. The highest BCUT2D eigenvalue weighted by Crippen LogP contribution is 2.22. The molecule has 1 aromatic carbocycles. The molecule has 2 rings (SSSR count). The van der Waals surface area contributed by atoms with Gasteiger partial charge >= 0.3 is 0 Å². The van der Waals surface area contributed by atoms with Crippen molar-refractivity contribution in [2.45, 2.75) is 19.9 Å². The summed E-state index contributed by atoms with van der Waals surface area (Å²) in [6, 6.07) is 6.26. The van der Waals surface area contributed by atoms with Crippen LogP contribution in [0.5, 0.6) is 0 Å². The SMILES string of the molecule is Cc1cc(=O)n(CCC(=O)Nc2ccc(Cl)cc2N)cn1. The van der Waals surface area contributed by atoms with E-state index in [0.29, 0.717) is 22.1 Å². The number of nitrogens with two attached hydrogens (primary N) is 1. The topological polar surface area (TPSA) is 90.0 Å². The predicted molar refractivity (Wildman–Crippen MR) is 82.3 cm³/mol. The van der Waals surface area contributed by atoms with Crippen molar-refractivity contribution >= 4 is 28.9 Å². The second kappa shape index (κ2) is 6.41. The Morgan fingerprint density at radius 3 is 2.86 bits per heavy atom. The fraction of sp³-hybridized carbons (Fsp3) is 0.214. The highest BCUT2D eigenvalue weighted by molar-refractivity contribution is 6.31. The second-order valence-corrected chi connectivity index (χ2v) is 5.03. The van der Waals surface area contributed by atoms with E-state index in [0.717, 1.165) is 0 Å². The minimum absolute atomic E-state index is 0.146. The van der Waals surface area contributed by atoms with Crippen LogP contribution in [0.1, 0.15) is 12.1 Å². The number of hydrogen-bond donors (Lipinski definition) is 2. The first-order valence-electron chi connectivity index (χ1n) is 6.33. The lowest BCUT2D eigenvalue weighted by molar-refractivity contribution is -0.116. The van der Waals surface area contributed by atoms with Gasteiger partial charge in [0.15, 0.2) is 0 Å². The maximum Gasteiger partial charge on any atom is 0.253 e. The lowest BCUT2D eigenvalue weighted by Crippen LogP contribution is -2.23. The quantitative estimate of drug-likeness (QED) is 0.843. The summed E-state index contributed by atoms with van der Waals surface area (Å²) >= 11 is 5.79. The van der Waals surface area contributed by atoms with Crippen molar-refractivity contribution in [1.29, 1.82) is 0 Å². The van der Waals surface area contributed by atoms with Crippen molar-refractivity contribution in [1.82, 2.24) is 9.55 Å². The van der Waals surface area contributed by atoms with Gasteiger partial charge in [0.2, 0.25) is 5.91 Å². The molecule has 0 atom stereocenters. The molecule has 1 heterocycles. The zero-order chi connectivity index (χ0) is 15.4. The Morgan fingerprint density at radius 1 is 1.43 bits per heavy atom. The Bertz CT molecular complexity index is 727. The number of amides is 1. The number of carbonyl (C=O) groups excluding carboxylic acids is 1. The molecule has 2 aromatic rings. The summed E-state index contributed by atoms with van der Waals surface area (Å²) in [6.45, 7) is 1.99. The molecule has 0 saturated carbocycles.